The number of ether oxygens (including phenoxy) is 2. The first-order valence-electron chi connectivity index (χ1n) is 11.4. The van der Waals surface area contributed by atoms with E-state index in [0.717, 1.165) is 12.8 Å². The summed E-state index contributed by atoms with van der Waals surface area (Å²) in [5.74, 6) is 0.303. The number of nitrogens with zero attached hydrogens (tertiary/aromatic N) is 4. The van der Waals surface area contributed by atoms with Crippen LogP contribution in [0.5, 0.6) is 0 Å². The normalized spacial score (nSPS) is 19.6. The number of thioether (sulfide) groups is 1. The Morgan fingerprint density at radius 2 is 1.82 bits per heavy atom. The van der Waals surface area contributed by atoms with Crippen LogP contribution in [0.15, 0.2) is 59.8 Å². The first-order valence-corrected chi connectivity index (χ1v) is 12.3. The molecule has 1 aromatic heterocycles. The van der Waals surface area contributed by atoms with Gasteiger partial charge in [0.2, 0.25) is 5.16 Å². The van der Waals surface area contributed by atoms with E-state index in [9.17, 15) is 4.79 Å². The van der Waals surface area contributed by atoms with Crippen molar-refractivity contribution in [2.24, 2.45) is 0 Å². The SMILES string of the molecule is COC1CC(c2ccc(C(Sc3nn[nH]n3)c3ccccc3)cc2)CCN1C(=O)OC(C)(C)C. The van der Waals surface area contributed by atoms with E-state index in [4.69, 9.17) is 9.47 Å². The van der Waals surface area contributed by atoms with Gasteiger partial charge in [-0.1, -0.05) is 66.4 Å². The summed E-state index contributed by atoms with van der Waals surface area (Å²) in [6.45, 7) is 6.22. The van der Waals surface area contributed by atoms with E-state index in [1.807, 2.05) is 39.0 Å². The number of aromatic nitrogens is 4. The number of methoxy groups -OCH3 is 1. The quantitative estimate of drug-likeness (QED) is 0.486. The third-order valence-electron chi connectivity index (χ3n) is 5.81. The predicted octanol–water partition coefficient (Wildman–Crippen LogP) is 5.17. The number of hydrogen-bond acceptors (Lipinski definition) is 7. The molecule has 34 heavy (non-hydrogen) atoms. The van der Waals surface area contributed by atoms with Crippen LogP contribution in [0.25, 0.3) is 0 Å². The zero-order valence-corrected chi connectivity index (χ0v) is 20.8. The summed E-state index contributed by atoms with van der Waals surface area (Å²) in [6, 6.07) is 19.0. The summed E-state index contributed by atoms with van der Waals surface area (Å²) >= 11 is 1.56. The molecule has 2 heterocycles. The zero-order chi connectivity index (χ0) is 24.1. The molecule has 180 valence electrons. The van der Waals surface area contributed by atoms with E-state index < -0.39 is 5.60 Å². The van der Waals surface area contributed by atoms with Crippen LogP contribution in [-0.2, 0) is 9.47 Å². The number of piperidine rings is 1. The fourth-order valence-electron chi connectivity index (χ4n) is 4.19. The fourth-order valence-corrected chi connectivity index (χ4v) is 5.17. The van der Waals surface area contributed by atoms with Crippen molar-refractivity contribution in [2.75, 3.05) is 13.7 Å². The molecule has 3 aromatic rings. The van der Waals surface area contributed by atoms with Crippen LogP contribution in [0.1, 0.15) is 61.5 Å². The van der Waals surface area contributed by atoms with Crippen molar-refractivity contribution in [3.8, 4) is 0 Å². The highest BCUT2D eigenvalue weighted by atomic mass is 32.2. The number of carbonyl (C=O) groups excluding carboxylic acids is 1. The lowest BCUT2D eigenvalue weighted by Gasteiger charge is -2.39. The number of benzene rings is 2. The van der Waals surface area contributed by atoms with Gasteiger partial charge in [0.25, 0.3) is 0 Å². The van der Waals surface area contributed by atoms with E-state index >= 15 is 0 Å². The Morgan fingerprint density at radius 1 is 1.12 bits per heavy atom. The van der Waals surface area contributed by atoms with Crippen LogP contribution >= 0.6 is 11.8 Å². The average Bonchev–Trinajstić information content (AvgIpc) is 3.35. The number of rotatable bonds is 6. The third-order valence-corrected chi connectivity index (χ3v) is 6.98. The Balaban J connectivity index is 1.49. The molecule has 4 rings (SSSR count). The van der Waals surface area contributed by atoms with Crippen molar-refractivity contribution in [2.45, 2.75) is 61.8 Å². The van der Waals surface area contributed by atoms with Gasteiger partial charge in [0.15, 0.2) is 0 Å². The molecule has 0 spiro atoms. The Hall–Kier alpha value is -2.91. The molecule has 3 unspecified atom stereocenters. The van der Waals surface area contributed by atoms with Gasteiger partial charge in [0, 0.05) is 13.7 Å². The van der Waals surface area contributed by atoms with Gasteiger partial charge < -0.3 is 9.47 Å². The third kappa shape index (κ3) is 5.95. The van der Waals surface area contributed by atoms with Crippen molar-refractivity contribution in [3.05, 3.63) is 71.3 Å². The van der Waals surface area contributed by atoms with Crippen molar-refractivity contribution < 1.29 is 14.3 Å². The maximum atomic E-state index is 12.6. The first kappa shape index (κ1) is 24.2. The van der Waals surface area contributed by atoms with Crippen LogP contribution in [0.2, 0.25) is 0 Å². The number of amides is 1. The molecule has 1 aliphatic rings. The van der Waals surface area contributed by atoms with Gasteiger partial charge in [-0.15, -0.1) is 10.2 Å². The number of aromatic amines is 1. The molecular formula is C25H31N5O3S. The van der Waals surface area contributed by atoms with Crippen LogP contribution in [0.3, 0.4) is 0 Å². The molecule has 9 heteroatoms. The molecule has 0 aliphatic carbocycles. The average molecular weight is 482 g/mol. The number of carbonyl (C=O) groups is 1. The van der Waals surface area contributed by atoms with E-state index in [2.05, 4.69) is 57.0 Å². The van der Waals surface area contributed by atoms with Gasteiger partial charge in [-0.25, -0.2) is 4.79 Å². The highest BCUT2D eigenvalue weighted by molar-refractivity contribution is 7.99. The highest BCUT2D eigenvalue weighted by Crippen LogP contribution is 2.40. The maximum absolute atomic E-state index is 12.6. The zero-order valence-electron chi connectivity index (χ0n) is 20.0. The number of hydrogen-bond donors (Lipinski definition) is 1. The highest BCUT2D eigenvalue weighted by Gasteiger charge is 2.35. The van der Waals surface area contributed by atoms with Gasteiger partial charge in [0.05, 0.1) is 5.25 Å². The Bertz CT molecular complexity index is 1050. The second-order valence-corrected chi connectivity index (χ2v) is 10.4. The van der Waals surface area contributed by atoms with Gasteiger partial charge in [0.1, 0.15) is 11.8 Å². The minimum absolute atomic E-state index is 0.0496. The van der Waals surface area contributed by atoms with Crippen LogP contribution in [0.4, 0.5) is 4.79 Å². The second-order valence-electron chi connectivity index (χ2n) is 9.36. The molecule has 0 radical (unpaired) electrons. The Labute approximate surface area is 204 Å². The molecule has 1 aliphatic heterocycles. The lowest BCUT2D eigenvalue weighted by Crippen LogP contribution is -2.48. The predicted molar refractivity (Wildman–Crippen MR) is 130 cm³/mol. The van der Waals surface area contributed by atoms with Crippen LogP contribution < -0.4 is 0 Å². The summed E-state index contributed by atoms with van der Waals surface area (Å²) in [4.78, 5) is 14.3. The summed E-state index contributed by atoms with van der Waals surface area (Å²) in [5.41, 5.74) is 3.05. The smallest absolute Gasteiger partial charge is 0.412 e. The van der Waals surface area contributed by atoms with Crippen molar-refractivity contribution in [1.29, 1.82) is 0 Å². The Kier molecular flexibility index (Phi) is 7.53. The molecule has 1 fully saturated rings. The molecule has 3 atom stereocenters. The first-order chi connectivity index (χ1) is 16.3. The van der Waals surface area contributed by atoms with Crippen molar-refractivity contribution in [1.82, 2.24) is 25.5 Å². The van der Waals surface area contributed by atoms with Gasteiger partial charge in [-0.2, -0.15) is 5.21 Å². The second kappa shape index (κ2) is 10.6. The standard InChI is InChI=1S/C25H31N5O3S/c1-25(2,3)33-24(31)30-15-14-20(16-21(30)32-4)17-10-12-19(13-11-17)22(18-8-6-5-7-9-18)34-23-26-28-29-27-23/h5-13,20-22H,14-16H2,1-4H3,(H,26,27,28,29). The summed E-state index contributed by atoms with van der Waals surface area (Å²) in [5, 5.41) is 15.1. The van der Waals surface area contributed by atoms with Gasteiger partial charge >= 0.3 is 6.09 Å². The minimum Gasteiger partial charge on any atom is -0.444 e. The van der Waals surface area contributed by atoms with Crippen LogP contribution in [0, 0.1) is 0 Å². The maximum Gasteiger partial charge on any atom is 0.412 e. The molecule has 1 N–H and O–H groups in total. The van der Waals surface area contributed by atoms with Gasteiger partial charge in [-0.3, -0.25) is 4.90 Å². The number of likely N-dealkylation sites (tertiary alicyclic amines) is 1. The minimum atomic E-state index is -0.531. The summed E-state index contributed by atoms with van der Waals surface area (Å²) < 4.78 is 11.2. The topological polar surface area (TPSA) is 93.2 Å². The molecule has 1 saturated heterocycles. The number of tetrazole rings is 1. The number of H-pyrrole nitrogens is 1. The van der Waals surface area contributed by atoms with E-state index in [-0.39, 0.29) is 17.6 Å². The summed E-state index contributed by atoms with van der Waals surface area (Å²) in [7, 11) is 1.65. The van der Waals surface area contributed by atoms with E-state index in [0.29, 0.717) is 17.6 Å². The van der Waals surface area contributed by atoms with Crippen molar-refractivity contribution >= 4 is 17.9 Å². The van der Waals surface area contributed by atoms with E-state index in [1.165, 1.54) is 16.7 Å². The van der Waals surface area contributed by atoms with Gasteiger partial charge in [-0.05, 0) is 61.4 Å². The molecule has 0 saturated carbocycles. The molecule has 2 aromatic carbocycles. The lowest BCUT2D eigenvalue weighted by atomic mass is 9.87. The molecule has 1 amide bonds. The molecule has 0 bridgehead atoms. The van der Waals surface area contributed by atoms with Crippen LogP contribution in [-0.4, -0.2) is 57.1 Å². The summed E-state index contributed by atoms with van der Waals surface area (Å²) in [6.07, 6.45) is 0.962. The monoisotopic (exact) mass is 481 g/mol. The number of nitrogens with one attached hydrogen (secondary N) is 1. The molecular weight excluding hydrogens is 450 g/mol. The lowest BCUT2D eigenvalue weighted by molar-refractivity contribution is -0.0692. The van der Waals surface area contributed by atoms with Crippen molar-refractivity contribution in [3.63, 3.8) is 0 Å². The largest absolute Gasteiger partial charge is 0.444 e. The molecule has 8 nitrogen and oxygen atoms in total. The van der Waals surface area contributed by atoms with E-state index in [1.54, 1.807) is 23.8 Å². The Morgan fingerprint density at radius 3 is 2.44 bits per heavy atom. The fraction of sp³-hybridized carbons (Fsp3) is 0.440.